The van der Waals surface area contributed by atoms with Crippen molar-refractivity contribution in [2.45, 2.75) is 110 Å². The molecular formula is C23H46N2O2. The molecule has 4 heteroatoms. The molecule has 0 amide bonds. The summed E-state index contributed by atoms with van der Waals surface area (Å²) in [5.74, 6) is 2.51. The molecule has 2 aliphatic rings. The number of aliphatic hydroxyl groups is 2. The third kappa shape index (κ3) is 5.46. The Morgan fingerprint density at radius 3 is 1.41 bits per heavy atom. The van der Waals surface area contributed by atoms with E-state index in [-0.39, 0.29) is 24.3 Å². The average molecular weight is 383 g/mol. The van der Waals surface area contributed by atoms with Crippen LogP contribution in [0.4, 0.5) is 0 Å². The molecule has 10 atom stereocenters. The van der Waals surface area contributed by atoms with Gasteiger partial charge in [0.1, 0.15) is 0 Å². The fourth-order valence-electron chi connectivity index (χ4n) is 5.89. The van der Waals surface area contributed by atoms with E-state index in [0.29, 0.717) is 35.5 Å². The van der Waals surface area contributed by atoms with Crippen molar-refractivity contribution in [3.8, 4) is 0 Å². The standard InChI is InChI=1S/C23H46N2O2/c1-5-7-9-16-11-18(14(3)20(24)22(16)26)13-19-12-17(10-8-6-2)23(27)21(25)15(19)4/h14-23,26-27H,5-13,24-25H2,1-4H3. The third-order valence-corrected chi connectivity index (χ3v) is 8.13. The zero-order valence-corrected chi connectivity index (χ0v) is 18.2. The highest BCUT2D eigenvalue weighted by atomic mass is 16.3. The summed E-state index contributed by atoms with van der Waals surface area (Å²) in [5.41, 5.74) is 12.9. The molecular weight excluding hydrogens is 336 g/mol. The second-order valence-electron chi connectivity index (χ2n) is 9.89. The lowest BCUT2D eigenvalue weighted by atomic mass is 9.61. The van der Waals surface area contributed by atoms with Crippen molar-refractivity contribution in [1.82, 2.24) is 0 Å². The van der Waals surface area contributed by atoms with Crippen LogP contribution in [-0.2, 0) is 0 Å². The van der Waals surface area contributed by atoms with E-state index in [4.69, 9.17) is 11.5 Å². The molecule has 6 N–H and O–H groups in total. The van der Waals surface area contributed by atoms with Crippen LogP contribution in [0.1, 0.15) is 85.5 Å². The molecule has 2 fully saturated rings. The molecule has 0 bridgehead atoms. The van der Waals surface area contributed by atoms with Gasteiger partial charge in [0, 0.05) is 12.1 Å². The van der Waals surface area contributed by atoms with Crippen molar-refractivity contribution in [1.29, 1.82) is 0 Å². The van der Waals surface area contributed by atoms with Crippen LogP contribution in [0.15, 0.2) is 0 Å². The van der Waals surface area contributed by atoms with Crippen LogP contribution in [0.5, 0.6) is 0 Å². The van der Waals surface area contributed by atoms with E-state index in [1.54, 1.807) is 0 Å². The van der Waals surface area contributed by atoms with Gasteiger partial charge in [0.25, 0.3) is 0 Å². The average Bonchev–Trinajstić information content (AvgIpc) is 2.66. The summed E-state index contributed by atoms with van der Waals surface area (Å²) in [6.07, 6.45) is 9.49. The molecule has 27 heavy (non-hydrogen) atoms. The first-order valence-corrected chi connectivity index (χ1v) is 11.7. The number of aliphatic hydroxyl groups excluding tert-OH is 2. The van der Waals surface area contributed by atoms with Crippen molar-refractivity contribution >= 4 is 0 Å². The maximum Gasteiger partial charge on any atom is 0.0721 e. The molecule has 0 aromatic carbocycles. The molecule has 0 aliphatic heterocycles. The summed E-state index contributed by atoms with van der Waals surface area (Å²) < 4.78 is 0. The molecule has 0 heterocycles. The quantitative estimate of drug-likeness (QED) is 0.515. The molecule has 2 rings (SSSR count). The third-order valence-electron chi connectivity index (χ3n) is 8.13. The van der Waals surface area contributed by atoms with E-state index < -0.39 is 0 Å². The zero-order chi connectivity index (χ0) is 20.1. The minimum absolute atomic E-state index is 0.111. The minimum atomic E-state index is -0.354. The summed E-state index contributed by atoms with van der Waals surface area (Å²) in [6.45, 7) is 8.88. The van der Waals surface area contributed by atoms with Crippen LogP contribution in [0.2, 0.25) is 0 Å². The van der Waals surface area contributed by atoms with E-state index >= 15 is 0 Å². The first-order valence-electron chi connectivity index (χ1n) is 11.7. The zero-order valence-electron chi connectivity index (χ0n) is 18.2. The lowest BCUT2D eigenvalue weighted by Crippen LogP contribution is -2.54. The molecule has 4 nitrogen and oxygen atoms in total. The van der Waals surface area contributed by atoms with Gasteiger partial charge in [-0.3, -0.25) is 0 Å². The van der Waals surface area contributed by atoms with Crippen LogP contribution in [0.25, 0.3) is 0 Å². The Hall–Kier alpha value is -0.160. The second-order valence-corrected chi connectivity index (χ2v) is 9.89. The van der Waals surface area contributed by atoms with Gasteiger partial charge in [-0.2, -0.15) is 0 Å². The maximum atomic E-state index is 10.6. The second kappa shape index (κ2) is 10.6. The monoisotopic (exact) mass is 382 g/mol. The van der Waals surface area contributed by atoms with E-state index in [1.807, 2.05) is 0 Å². The molecule has 0 aromatic heterocycles. The first-order chi connectivity index (χ1) is 12.8. The Balaban J connectivity index is 2.05. The van der Waals surface area contributed by atoms with Crippen molar-refractivity contribution in [2.75, 3.05) is 0 Å². The maximum absolute atomic E-state index is 10.6. The van der Waals surface area contributed by atoms with E-state index in [9.17, 15) is 10.2 Å². The summed E-state index contributed by atoms with van der Waals surface area (Å²) >= 11 is 0. The predicted molar refractivity (Wildman–Crippen MR) is 113 cm³/mol. The van der Waals surface area contributed by atoms with Gasteiger partial charge in [-0.05, 0) is 67.6 Å². The highest BCUT2D eigenvalue weighted by Crippen LogP contribution is 2.44. The van der Waals surface area contributed by atoms with Gasteiger partial charge in [-0.25, -0.2) is 0 Å². The number of hydrogen-bond acceptors (Lipinski definition) is 4. The van der Waals surface area contributed by atoms with E-state index in [2.05, 4.69) is 27.7 Å². The molecule has 2 saturated carbocycles. The normalized spacial score (nSPS) is 45.8. The molecule has 0 radical (unpaired) electrons. The Bertz CT molecular complexity index is 395. The Morgan fingerprint density at radius 2 is 1.07 bits per heavy atom. The first kappa shape index (κ1) is 23.1. The van der Waals surface area contributed by atoms with Crippen LogP contribution in [0, 0.1) is 35.5 Å². The molecule has 0 spiro atoms. The van der Waals surface area contributed by atoms with Gasteiger partial charge in [0.2, 0.25) is 0 Å². The fraction of sp³-hybridized carbons (Fsp3) is 1.00. The number of hydrogen-bond donors (Lipinski definition) is 4. The van der Waals surface area contributed by atoms with Crippen LogP contribution in [-0.4, -0.2) is 34.5 Å². The van der Waals surface area contributed by atoms with Crippen molar-refractivity contribution in [2.24, 2.45) is 47.0 Å². The van der Waals surface area contributed by atoms with Crippen LogP contribution in [0.3, 0.4) is 0 Å². The fourth-order valence-corrected chi connectivity index (χ4v) is 5.89. The lowest BCUT2D eigenvalue weighted by molar-refractivity contribution is -0.0363. The number of nitrogens with two attached hydrogens (primary N) is 2. The van der Waals surface area contributed by atoms with Gasteiger partial charge in [-0.1, -0.05) is 53.4 Å². The molecule has 10 unspecified atom stereocenters. The summed E-state index contributed by atoms with van der Waals surface area (Å²) in [6, 6.07) is -0.223. The highest BCUT2D eigenvalue weighted by molar-refractivity contribution is 4.97. The Kier molecular flexibility index (Phi) is 9.05. The van der Waals surface area contributed by atoms with Crippen LogP contribution < -0.4 is 11.5 Å². The Labute approximate surface area is 167 Å². The Morgan fingerprint density at radius 1 is 0.704 bits per heavy atom. The number of rotatable bonds is 8. The molecule has 2 aliphatic carbocycles. The molecule has 160 valence electrons. The molecule has 0 saturated heterocycles. The predicted octanol–water partition coefficient (Wildman–Crippen LogP) is 3.68. The van der Waals surface area contributed by atoms with Gasteiger partial charge in [0.15, 0.2) is 0 Å². The van der Waals surface area contributed by atoms with Crippen LogP contribution >= 0.6 is 0 Å². The summed E-state index contributed by atoms with van der Waals surface area (Å²) in [4.78, 5) is 0. The summed E-state index contributed by atoms with van der Waals surface area (Å²) in [7, 11) is 0. The van der Waals surface area contributed by atoms with Gasteiger partial charge in [-0.15, -0.1) is 0 Å². The topological polar surface area (TPSA) is 92.5 Å². The van der Waals surface area contributed by atoms with Gasteiger partial charge in [0.05, 0.1) is 12.2 Å². The SMILES string of the molecule is CCCCC1CC(CC2CC(CCCC)C(O)C(N)C2C)C(C)C(N)C1O. The van der Waals surface area contributed by atoms with E-state index in [0.717, 1.165) is 32.1 Å². The molecule has 0 aromatic rings. The van der Waals surface area contributed by atoms with Gasteiger partial charge >= 0.3 is 0 Å². The van der Waals surface area contributed by atoms with Gasteiger partial charge < -0.3 is 21.7 Å². The largest absolute Gasteiger partial charge is 0.391 e. The van der Waals surface area contributed by atoms with Crippen molar-refractivity contribution < 1.29 is 10.2 Å². The smallest absolute Gasteiger partial charge is 0.0721 e. The van der Waals surface area contributed by atoms with E-state index in [1.165, 1.54) is 25.7 Å². The van der Waals surface area contributed by atoms with Crippen molar-refractivity contribution in [3.05, 3.63) is 0 Å². The highest BCUT2D eigenvalue weighted by Gasteiger charge is 2.44. The minimum Gasteiger partial charge on any atom is -0.391 e. The number of unbranched alkanes of at least 4 members (excludes halogenated alkanes) is 2. The summed E-state index contributed by atoms with van der Waals surface area (Å²) in [5, 5.41) is 21.3. The lowest BCUT2D eigenvalue weighted by Gasteiger charge is -2.47. The van der Waals surface area contributed by atoms with Crippen molar-refractivity contribution in [3.63, 3.8) is 0 Å².